The number of hydrogen-bond donors (Lipinski definition) is 0. The van der Waals surface area contributed by atoms with Crippen LogP contribution in [0.2, 0.25) is 0 Å². The first kappa shape index (κ1) is 21.8. The number of amides is 1. The zero-order chi connectivity index (χ0) is 21.2. The van der Waals surface area contributed by atoms with Crippen LogP contribution in [0.3, 0.4) is 0 Å². The molecule has 1 aliphatic heterocycles. The van der Waals surface area contributed by atoms with Gasteiger partial charge in [-0.25, -0.2) is 4.98 Å². The van der Waals surface area contributed by atoms with Crippen LogP contribution < -0.4 is 0 Å². The van der Waals surface area contributed by atoms with Gasteiger partial charge in [0, 0.05) is 43.2 Å². The van der Waals surface area contributed by atoms with E-state index in [1.165, 1.54) is 23.5 Å². The predicted octanol–water partition coefficient (Wildman–Crippen LogP) is 4.70. The van der Waals surface area contributed by atoms with Crippen molar-refractivity contribution in [3.63, 3.8) is 0 Å². The Morgan fingerprint density at radius 1 is 1.24 bits per heavy atom. The van der Waals surface area contributed by atoms with Gasteiger partial charge in [-0.15, -0.1) is 11.3 Å². The van der Waals surface area contributed by atoms with Crippen molar-refractivity contribution in [3.8, 4) is 10.6 Å². The molecule has 2 aromatic rings. The predicted molar refractivity (Wildman–Crippen MR) is 109 cm³/mol. The van der Waals surface area contributed by atoms with Gasteiger partial charge in [0.05, 0.1) is 17.7 Å². The van der Waals surface area contributed by atoms with Crippen molar-refractivity contribution in [2.24, 2.45) is 0 Å². The fraction of sp³-hybridized carbons (Fsp3) is 0.524. The number of piperidine rings is 1. The van der Waals surface area contributed by atoms with Crippen molar-refractivity contribution >= 4 is 17.2 Å². The molecule has 1 saturated heterocycles. The summed E-state index contributed by atoms with van der Waals surface area (Å²) in [6.45, 7) is 6.36. The average molecular weight is 426 g/mol. The van der Waals surface area contributed by atoms with E-state index in [2.05, 4.69) is 23.7 Å². The number of nitrogens with zero attached hydrogens (tertiary/aromatic N) is 3. The molecule has 0 spiro atoms. The van der Waals surface area contributed by atoms with Gasteiger partial charge in [-0.05, 0) is 38.8 Å². The van der Waals surface area contributed by atoms with E-state index in [1.54, 1.807) is 5.38 Å². The quantitative estimate of drug-likeness (QED) is 0.697. The fourth-order valence-electron chi connectivity index (χ4n) is 3.60. The van der Waals surface area contributed by atoms with Crippen molar-refractivity contribution in [1.29, 1.82) is 0 Å². The van der Waals surface area contributed by atoms with E-state index in [4.69, 9.17) is 0 Å². The molecule has 1 fully saturated rings. The van der Waals surface area contributed by atoms with E-state index in [9.17, 15) is 18.0 Å². The normalized spacial score (nSPS) is 16.4. The van der Waals surface area contributed by atoms with Gasteiger partial charge in [0.15, 0.2) is 0 Å². The third-order valence-electron chi connectivity index (χ3n) is 5.51. The largest absolute Gasteiger partial charge is 0.416 e. The van der Waals surface area contributed by atoms with Crippen LogP contribution in [-0.4, -0.2) is 52.9 Å². The molecule has 1 amide bonds. The topological polar surface area (TPSA) is 36.4 Å². The maximum absolute atomic E-state index is 12.7. The Morgan fingerprint density at radius 3 is 2.41 bits per heavy atom. The second-order valence-electron chi connectivity index (χ2n) is 7.76. The third kappa shape index (κ3) is 5.36. The second-order valence-corrected chi connectivity index (χ2v) is 8.62. The summed E-state index contributed by atoms with van der Waals surface area (Å²) in [5, 5.41) is 2.43. The van der Waals surface area contributed by atoms with Crippen LogP contribution in [0.4, 0.5) is 13.2 Å². The van der Waals surface area contributed by atoms with Crippen molar-refractivity contribution in [2.75, 3.05) is 20.1 Å². The number of alkyl halides is 3. The molecule has 4 nitrogen and oxygen atoms in total. The molecule has 1 aromatic heterocycles. The molecule has 0 saturated carbocycles. The zero-order valence-corrected chi connectivity index (χ0v) is 17.7. The molecule has 0 unspecified atom stereocenters. The molecule has 3 rings (SSSR count). The molecular formula is C21H26F3N3OS. The molecule has 1 aromatic carbocycles. The van der Waals surface area contributed by atoms with Gasteiger partial charge in [-0.3, -0.25) is 4.79 Å². The number of thiazole rings is 1. The number of hydrogen-bond acceptors (Lipinski definition) is 4. The van der Waals surface area contributed by atoms with E-state index in [0.29, 0.717) is 22.3 Å². The molecule has 0 atom stereocenters. The number of likely N-dealkylation sites (tertiary alicyclic amines) is 1. The lowest BCUT2D eigenvalue weighted by atomic mass is 10.0. The Bertz CT molecular complexity index is 824. The number of rotatable bonds is 5. The van der Waals surface area contributed by atoms with E-state index in [0.717, 1.165) is 38.1 Å². The SMILES string of the molecule is CC(C)N1CCC(N(C)C(=O)Cc2csc(-c3ccc(C(F)(F)F)cc3)n2)CC1. The Labute approximate surface area is 173 Å². The van der Waals surface area contributed by atoms with Crippen LogP contribution in [-0.2, 0) is 17.4 Å². The molecule has 0 bridgehead atoms. The molecular weight excluding hydrogens is 399 g/mol. The number of likely N-dealkylation sites (N-methyl/N-ethyl adjacent to an activating group) is 1. The highest BCUT2D eigenvalue weighted by atomic mass is 32.1. The van der Waals surface area contributed by atoms with Crippen LogP contribution in [0.25, 0.3) is 10.6 Å². The average Bonchev–Trinajstić information content (AvgIpc) is 3.15. The lowest BCUT2D eigenvalue weighted by Crippen LogP contribution is -2.47. The smallest absolute Gasteiger partial charge is 0.342 e. The van der Waals surface area contributed by atoms with Gasteiger partial charge in [0.1, 0.15) is 5.01 Å². The van der Waals surface area contributed by atoms with Crippen LogP contribution >= 0.6 is 11.3 Å². The second kappa shape index (κ2) is 8.83. The Hall–Kier alpha value is -1.93. The number of halogens is 3. The molecule has 8 heteroatoms. The minimum absolute atomic E-state index is 0.0252. The van der Waals surface area contributed by atoms with E-state index < -0.39 is 11.7 Å². The van der Waals surface area contributed by atoms with E-state index >= 15 is 0 Å². The maximum Gasteiger partial charge on any atom is 0.416 e. The molecule has 1 aliphatic rings. The summed E-state index contributed by atoms with van der Waals surface area (Å²) in [5.74, 6) is 0.0252. The summed E-state index contributed by atoms with van der Waals surface area (Å²) in [7, 11) is 1.85. The van der Waals surface area contributed by atoms with Crippen molar-refractivity contribution in [2.45, 2.75) is 51.4 Å². The standard InChI is InChI=1S/C21H26F3N3OS/c1-14(2)27-10-8-18(9-11-27)26(3)19(28)12-17-13-29-20(25-17)15-4-6-16(7-5-15)21(22,23)24/h4-7,13-14,18H,8-12H2,1-3H3. The van der Waals surface area contributed by atoms with Gasteiger partial charge in [0.2, 0.25) is 5.91 Å². The van der Waals surface area contributed by atoms with E-state index in [1.807, 2.05) is 11.9 Å². The van der Waals surface area contributed by atoms with Gasteiger partial charge in [-0.1, -0.05) is 12.1 Å². The number of carbonyl (C=O) groups excluding carboxylic acids is 1. The number of benzene rings is 1. The van der Waals surface area contributed by atoms with Crippen LogP contribution in [0.5, 0.6) is 0 Å². The Morgan fingerprint density at radius 2 is 1.86 bits per heavy atom. The summed E-state index contributed by atoms with van der Waals surface area (Å²) in [4.78, 5) is 21.4. The highest BCUT2D eigenvalue weighted by Crippen LogP contribution is 2.32. The van der Waals surface area contributed by atoms with Gasteiger partial charge in [0.25, 0.3) is 0 Å². The summed E-state index contributed by atoms with van der Waals surface area (Å²) in [5.41, 5.74) is 0.593. The van der Waals surface area contributed by atoms with E-state index in [-0.39, 0.29) is 18.4 Å². The lowest BCUT2D eigenvalue weighted by Gasteiger charge is -2.38. The molecule has 0 N–H and O–H groups in total. The minimum Gasteiger partial charge on any atom is -0.342 e. The minimum atomic E-state index is -4.35. The third-order valence-corrected chi connectivity index (χ3v) is 6.45. The van der Waals surface area contributed by atoms with Crippen molar-refractivity contribution < 1.29 is 18.0 Å². The highest BCUT2D eigenvalue weighted by Gasteiger charge is 2.30. The summed E-state index contributed by atoms with van der Waals surface area (Å²) in [6.07, 6.45) is -2.21. The maximum atomic E-state index is 12.7. The number of aromatic nitrogens is 1. The molecule has 0 radical (unpaired) electrons. The van der Waals surface area contributed by atoms with Crippen molar-refractivity contribution in [3.05, 3.63) is 40.9 Å². The molecule has 0 aliphatic carbocycles. The first-order valence-electron chi connectivity index (χ1n) is 9.77. The fourth-order valence-corrected chi connectivity index (χ4v) is 4.42. The summed E-state index contributed by atoms with van der Waals surface area (Å²) < 4.78 is 38.1. The first-order valence-corrected chi connectivity index (χ1v) is 10.6. The van der Waals surface area contributed by atoms with Gasteiger partial charge >= 0.3 is 6.18 Å². The summed E-state index contributed by atoms with van der Waals surface area (Å²) >= 11 is 1.34. The monoisotopic (exact) mass is 425 g/mol. The number of carbonyl (C=O) groups is 1. The Balaban J connectivity index is 1.59. The zero-order valence-electron chi connectivity index (χ0n) is 16.9. The Kier molecular flexibility index (Phi) is 6.63. The first-order chi connectivity index (χ1) is 13.6. The molecule has 29 heavy (non-hydrogen) atoms. The van der Waals surface area contributed by atoms with Crippen molar-refractivity contribution in [1.82, 2.24) is 14.8 Å². The molecule has 2 heterocycles. The van der Waals surface area contributed by atoms with Crippen LogP contribution in [0.1, 0.15) is 37.9 Å². The molecule has 158 valence electrons. The lowest BCUT2D eigenvalue weighted by molar-refractivity contribution is -0.137. The van der Waals surface area contributed by atoms with Crippen LogP contribution in [0.15, 0.2) is 29.6 Å². The summed E-state index contributed by atoms with van der Waals surface area (Å²) in [6, 6.07) is 5.71. The highest BCUT2D eigenvalue weighted by molar-refractivity contribution is 7.13. The van der Waals surface area contributed by atoms with Crippen LogP contribution in [0, 0.1) is 0 Å². The van der Waals surface area contributed by atoms with Gasteiger partial charge < -0.3 is 9.80 Å². The van der Waals surface area contributed by atoms with Gasteiger partial charge in [-0.2, -0.15) is 13.2 Å².